The second-order valence-corrected chi connectivity index (χ2v) is 7.09. The fourth-order valence-corrected chi connectivity index (χ4v) is 3.72. The molecule has 7 heteroatoms. The summed E-state index contributed by atoms with van der Waals surface area (Å²) in [4.78, 5) is 27.3. The zero-order valence-electron chi connectivity index (χ0n) is 14.9. The molecule has 1 heterocycles. The first kappa shape index (κ1) is 19.1. The molecule has 0 aromatic heterocycles. The van der Waals surface area contributed by atoms with Crippen LogP contribution in [0.4, 0.5) is 0 Å². The number of amides is 1. The van der Waals surface area contributed by atoms with Crippen molar-refractivity contribution in [3.05, 3.63) is 0 Å². The summed E-state index contributed by atoms with van der Waals surface area (Å²) >= 11 is 0. The standard InChI is InChI=1S/C17H31N3O4/c1-14(16(22)23)19(2)12-15(21)18-13-17(6-4-3-5-7-17)20-8-10-24-11-9-20/h14H,3-13H2,1-2H3,(H,18,21)(H,22,23). The van der Waals surface area contributed by atoms with E-state index in [0.717, 1.165) is 39.1 Å². The number of morpholine rings is 1. The average Bonchev–Trinajstić information content (AvgIpc) is 2.60. The molecule has 1 aliphatic heterocycles. The van der Waals surface area contributed by atoms with Crippen molar-refractivity contribution in [2.45, 2.75) is 50.6 Å². The van der Waals surface area contributed by atoms with Gasteiger partial charge in [-0.25, -0.2) is 0 Å². The number of ether oxygens (including phenoxy) is 1. The summed E-state index contributed by atoms with van der Waals surface area (Å²) in [6, 6.07) is -0.668. The van der Waals surface area contributed by atoms with Crippen LogP contribution < -0.4 is 5.32 Å². The van der Waals surface area contributed by atoms with Crippen molar-refractivity contribution in [2.75, 3.05) is 46.4 Å². The molecule has 1 unspecified atom stereocenters. The minimum atomic E-state index is -0.914. The second kappa shape index (κ2) is 8.78. The number of hydrogen-bond acceptors (Lipinski definition) is 5. The Hall–Kier alpha value is -1.18. The Morgan fingerprint density at radius 3 is 2.46 bits per heavy atom. The Morgan fingerprint density at radius 1 is 1.25 bits per heavy atom. The van der Waals surface area contributed by atoms with E-state index in [1.807, 2.05) is 0 Å². The summed E-state index contributed by atoms with van der Waals surface area (Å²) < 4.78 is 5.47. The third-order valence-electron chi connectivity index (χ3n) is 5.49. The highest BCUT2D eigenvalue weighted by atomic mass is 16.5. The van der Waals surface area contributed by atoms with Crippen molar-refractivity contribution in [1.82, 2.24) is 15.1 Å². The predicted molar refractivity (Wildman–Crippen MR) is 90.9 cm³/mol. The summed E-state index contributed by atoms with van der Waals surface area (Å²) in [5.41, 5.74) is 0.0364. The molecule has 1 amide bonds. The van der Waals surface area contributed by atoms with E-state index in [2.05, 4.69) is 10.2 Å². The van der Waals surface area contributed by atoms with Gasteiger partial charge in [-0.2, -0.15) is 0 Å². The van der Waals surface area contributed by atoms with Gasteiger partial charge in [-0.3, -0.25) is 19.4 Å². The molecule has 1 aliphatic carbocycles. The normalized spacial score (nSPS) is 23.0. The fourth-order valence-electron chi connectivity index (χ4n) is 3.72. The van der Waals surface area contributed by atoms with Crippen LogP contribution in [-0.4, -0.2) is 84.8 Å². The largest absolute Gasteiger partial charge is 0.480 e. The summed E-state index contributed by atoms with van der Waals surface area (Å²) in [6.45, 7) is 5.69. The van der Waals surface area contributed by atoms with Crippen LogP contribution in [0.1, 0.15) is 39.0 Å². The number of carboxylic acid groups (broad SMARTS) is 1. The Labute approximate surface area is 144 Å². The number of rotatable bonds is 7. The highest BCUT2D eigenvalue weighted by molar-refractivity contribution is 5.79. The molecule has 0 aromatic rings. The van der Waals surface area contributed by atoms with Gasteiger partial charge >= 0.3 is 5.97 Å². The molecular formula is C17H31N3O4. The molecule has 2 rings (SSSR count). The number of nitrogens with zero attached hydrogens (tertiary/aromatic N) is 2. The SMILES string of the molecule is CC(C(=O)O)N(C)CC(=O)NCC1(N2CCOCC2)CCCCC1. The predicted octanol–water partition coefficient (Wildman–Crippen LogP) is 0.543. The average molecular weight is 341 g/mol. The molecule has 0 aromatic carbocycles. The van der Waals surface area contributed by atoms with Crippen LogP contribution in [0, 0.1) is 0 Å². The molecule has 138 valence electrons. The molecule has 1 atom stereocenters. The van der Waals surface area contributed by atoms with Crippen molar-refractivity contribution in [2.24, 2.45) is 0 Å². The zero-order valence-corrected chi connectivity index (χ0v) is 14.9. The van der Waals surface area contributed by atoms with E-state index in [-0.39, 0.29) is 18.0 Å². The van der Waals surface area contributed by atoms with Gasteiger partial charge in [0.1, 0.15) is 6.04 Å². The highest BCUT2D eigenvalue weighted by Gasteiger charge is 2.38. The number of carboxylic acids is 1. The molecular weight excluding hydrogens is 310 g/mol. The van der Waals surface area contributed by atoms with Gasteiger partial charge in [-0.05, 0) is 26.8 Å². The van der Waals surface area contributed by atoms with Crippen LogP contribution >= 0.6 is 0 Å². The van der Waals surface area contributed by atoms with Crippen LogP contribution in [0.3, 0.4) is 0 Å². The molecule has 24 heavy (non-hydrogen) atoms. The Bertz CT molecular complexity index is 432. The second-order valence-electron chi connectivity index (χ2n) is 7.09. The molecule has 1 saturated carbocycles. The van der Waals surface area contributed by atoms with Crippen LogP contribution in [0.5, 0.6) is 0 Å². The maximum atomic E-state index is 12.3. The highest BCUT2D eigenvalue weighted by Crippen LogP contribution is 2.33. The van der Waals surface area contributed by atoms with Crippen molar-refractivity contribution in [3.8, 4) is 0 Å². The molecule has 1 saturated heterocycles. The van der Waals surface area contributed by atoms with Gasteiger partial charge in [0.2, 0.25) is 5.91 Å². The van der Waals surface area contributed by atoms with Gasteiger partial charge in [0.05, 0.1) is 19.8 Å². The summed E-state index contributed by atoms with van der Waals surface area (Å²) in [5, 5.41) is 12.1. The minimum absolute atomic E-state index is 0.0364. The molecule has 2 fully saturated rings. The van der Waals surface area contributed by atoms with Crippen LogP contribution in [0.15, 0.2) is 0 Å². The smallest absolute Gasteiger partial charge is 0.320 e. The van der Waals surface area contributed by atoms with Crippen molar-refractivity contribution in [1.29, 1.82) is 0 Å². The molecule has 0 spiro atoms. The van der Waals surface area contributed by atoms with Crippen molar-refractivity contribution >= 4 is 11.9 Å². The van der Waals surface area contributed by atoms with Gasteiger partial charge in [0.25, 0.3) is 0 Å². The first-order chi connectivity index (χ1) is 11.4. The van der Waals surface area contributed by atoms with Crippen LogP contribution in [0.2, 0.25) is 0 Å². The maximum absolute atomic E-state index is 12.3. The number of likely N-dealkylation sites (N-methyl/N-ethyl adjacent to an activating group) is 1. The number of carbonyl (C=O) groups excluding carboxylic acids is 1. The van der Waals surface area contributed by atoms with Gasteiger partial charge in [0, 0.05) is 25.2 Å². The summed E-state index contributed by atoms with van der Waals surface area (Å²) in [5.74, 6) is -1.02. The van der Waals surface area contributed by atoms with E-state index >= 15 is 0 Å². The lowest BCUT2D eigenvalue weighted by molar-refractivity contribution is -0.142. The first-order valence-corrected chi connectivity index (χ1v) is 8.97. The molecule has 0 bridgehead atoms. The van der Waals surface area contributed by atoms with Gasteiger partial charge in [0.15, 0.2) is 0 Å². The monoisotopic (exact) mass is 341 g/mol. The third kappa shape index (κ3) is 4.91. The van der Waals surface area contributed by atoms with Gasteiger partial charge < -0.3 is 15.2 Å². The Balaban J connectivity index is 1.90. The lowest BCUT2D eigenvalue weighted by Gasteiger charge is -2.48. The van der Waals surface area contributed by atoms with Gasteiger partial charge in [-0.15, -0.1) is 0 Å². The lowest BCUT2D eigenvalue weighted by atomic mass is 9.79. The molecule has 2 aliphatic rings. The van der Waals surface area contributed by atoms with Gasteiger partial charge in [-0.1, -0.05) is 19.3 Å². The van der Waals surface area contributed by atoms with Crippen LogP contribution in [-0.2, 0) is 14.3 Å². The number of hydrogen-bond donors (Lipinski definition) is 2. The number of nitrogens with one attached hydrogen (secondary N) is 1. The van der Waals surface area contributed by atoms with E-state index in [4.69, 9.17) is 9.84 Å². The Kier molecular flexibility index (Phi) is 7.01. The Morgan fingerprint density at radius 2 is 1.88 bits per heavy atom. The molecule has 0 radical (unpaired) electrons. The fraction of sp³-hybridized carbons (Fsp3) is 0.882. The van der Waals surface area contributed by atoms with E-state index < -0.39 is 12.0 Å². The third-order valence-corrected chi connectivity index (χ3v) is 5.49. The van der Waals surface area contributed by atoms with E-state index in [0.29, 0.717) is 6.54 Å². The van der Waals surface area contributed by atoms with E-state index in [9.17, 15) is 9.59 Å². The lowest BCUT2D eigenvalue weighted by Crippen LogP contribution is -2.60. The number of aliphatic carboxylic acids is 1. The van der Waals surface area contributed by atoms with Crippen LogP contribution in [0.25, 0.3) is 0 Å². The zero-order chi connectivity index (χ0) is 17.6. The van der Waals surface area contributed by atoms with Crippen molar-refractivity contribution < 1.29 is 19.4 Å². The topological polar surface area (TPSA) is 82.1 Å². The summed E-state index contributed by atoms with van der Waals surface area (Å²) in [7, 11) is 1.66. The first-order valence-electron chi connectivity index (χ1n) is 8.97. The molecule has 2 N–H and O–H groups in total. The van der Waals surface area contributed by atoms with Crippen molar-refractivity contribution in [3.63, 3.8) is 0 Å². The maximum Gasteiger partial charge on any atom is 0.320 e. The minimum Gasteiger partial charge on any atom is -0.480 e. The van der Waals surface area contributed by atoms with E-state index in [1.54, 1.807) is 18.9 Å². The van der Waals surface area contributed by atoms with E-state index in [1.165, 1.54) is 19.3 Å². The number of carbonyl (C=O) groups is 2. The quantitative estimate of drug-likeness (QED) is 0.703. The summed E-state index contributed by atoms with van der Waals surface area (Å²) in [6.07, 6.45) is 5.87. The molecule has 7 nitrogen and oxygen atoms in total.